The standard InChI is InChI=1S/C21H25NO6/c1-13-7-18(14(2)27-13)21(23)22-9-19-20(10-22)26-12-17(11-25-19)28-16-6-4-5-15(8-16)24-3/h4-8,17,19-20H,9-12H2,1-3H3/t19-,20-/m0/s1. The first-order chi connectivity index (χ1) is 13.5. The summed E-state index contributed by atoms with van der Waals surface area (Å²) in [6.07, 6.45) is -0.520. The molecule has 0 N–H and O–H groups in total. The van der Waals surface area contributed by atoms with Gasteiger partial charge in [0.25, 0.3) is 5.91 Å². The molecule has 0 spiro atoms. The van der Waals surface area contributed by atoms with Gasteiger partial charge in [0.1, 0.15) is 41.3 Å². The molecule has 2 atom stereocenters. The van der Waals surface area contributed by atoms with E-state index in [1.807, 2.05) is 38.1 Å². The first-order valence-electron chi connectivity index (χ1n) is 9.43. The maximum absolute atomic E-state index is 12.8. The van der Waals surface area contributed by atoms with Crippen LogP contribution in [-0.2, 0) is 9.47 Å². The number of methoxy groups -OCH3 is 1. The lowest BCUT2D eigenvalue weighted by Gasteiger charge is -2.19. The summed E-state index contributed by atoms with van der Waals surface area (Å²) in [6.45, 7) is 5.46. The third kappa shape index (κ3) is 3.86. The molecular formula is C21H25NO6. The van der Waals surface area contributed by atoms with Gasteiger partial charge < -0.3 is 28.3 Å². The molecule has 1 amide bonds. The summed E-state index contributed by atoms with van der Waals surface area (Å²) in [5, 5.41) is 0. The van der Waals surface area contributed by atoms with E-state index in [0.717, 1.165) is 11.5 Å². The van der Waals surface area contributed by atoms with E-state index in [0.29, 0.717) is 43.4 Å². The summed E-state index contributed by atoms with van der Waals surface area (Å²) >= 11 is 0. The predicted octanol–water partition coefficient (Wildman–Crippen LogP) is 2.59. The Bertz CT molecular complexity index is 831. The molecule has 7 nitrogen and oxygen atoms in total. The second-order valence-electron chi connectivity index (χ2n) is 7.20. The topological polar surface area (TPSA) is 70.4 Å². The minimum atomic E-state index is -0.208. The van der Waals surface area contributed by atoms with Crippen LogP contribution in [0.4, 0.5) is 0 Å². The van der Waals surface area contributed by atoms with Crippen molar-refractivity contribution in [3.05, 3.63) is 47.4 Å². The number of ether oxygens (including phenoxy) is 4. The van der Waals surface area contributed by atoms with Gasteiger partial charge in [-0.1, -0.05) is 6.07 Å². The highest BCUT2D eigenvalue weighted by Crippen LogP contribution is 2.26. The average molecular weight is 387 g/mol. The zero-order valence-electron chi connectivity index (χ0n) is 16.3. The number of nitrogens with zero attached hydrogens (tertiary/aromatic N) is 1. The van der Waals surface area contributed by atoms with Crippen molar-refractivity contribution in [2.75, 3.05) is 33.4 Å². The lowest BCUT2D eigenvalue weighted by molar-refractivity contribution is -0.00461. The van der Waals surface area contributed by atoms with Crippen LogP contribution in [0.5, 0.6) is 11.5 Å². The third-order valence-electron chi connectivity index (χ3n) is 5.11. The third-order valence-corrected chi connectivity index (χ3v) is 5.11. The monoisotopic (exact) mass is 387 g/mol. The molecule has 0 saturated carbocycles. The van der Waals surface area contributed by atoms with E-state index in [-0.39, 0.29) is 24.2 Å². The minimum absolute atomic E-state index is 0.0428. The number of amides is 1. The molecule has 4 rings (SSSR count). The Morgan fingerprint density at radius 2 is 1.75 bits per heavy atom. The molecule has 2 aromatic rings. The van der Waals surface area contributed by atoms with Crippen LogP contribution in [-0.4, -0.2) is 62.5 Å². The Kier molecular flexibility index (Phi) is 5.28. The summed E-state index contributed by atoms with van der Waals surface area (Å²) in [7, 11) is 1.62. The Hall–Kier alpha value is -2.51. The van der Waals surface area contributed by atoms with Crippen molar-refractivity contribution in [3.8, 4) is 11.5 Å². The van der Waals surface area contributed by atoms with Crippen molar-refractivity contribution in [3.63, 3.8) is 0 Å². The van der Waals surface area contributed by atoms with Gasteiger partial charge in [-0.3, -0.25) is 4.79 Å². The van der Waals surface area contributed by atoms with Crippen molar-refractivity contribution >= 4 is 5.91 Å². The molecule has 0 aliphatic carbocycles. The van der Waals surface area contributed by atoms with Gasteiger partial charge in [-0.05, 0) is 32.0 Å². The Balaban J connectivity index is 1.35. The van der Waals surface area contributed by atoms with Crippen LogP contribution in [0.2, 0.25) is 0 Å². The number of benzene rings is 1. The predicted molar refractivity (Wildman–Crippen MR) is 101 cm³/mol. The van der Waals surface area contributed by atoms with Crippen LogP contribution < -0.4 is 9.47 Å². The number of hydrogen-bond donors (Lipinski definition) is 0. The molecule has 2 fully saturated rings. The second kappa shape index (κ2) is 7.85. The Morgan fingerprint density at radius 1 is 1.07 bits per heavy atom. The van der Waals surface area contributed by atoms with Gasteiger partial charge in [0.2, 0.25) is 0 Å². The normalized spacial score (nSPS) is 22.6. The highest BCUT2D eigenvalue weighted by atomic mass is 16.6. The number of fused-ring (bicyclic) bond motifs is 1. The lowest BCUT2D eigenvalue weighted by Crippen LogP contribution is -2.33. The molecule has 2 aliphatic rings. The number of carbonyl (C=O) groups excluding carboxylic acids is 1. The van der Waals surface area contributed by atoms with Gasteiger partial charge in [-0.2, -0.15) is 0 Å². The Morgan fingerprint density at radius 3 is 2.36 bits per heavy atom. The van der Waals surface area contributed by atoms with Crippen LogP contribution in [0.1, 0.15) is 21.9 Å². The van der Waals surface area contributed by atoms with Crippen molar-refractivity contribution in [2.24, 2.45) is 0 Å². The summed E-state index contributed by atoms with van der Waals surface area (Å²) in [5.74, 6) is 2.79. The van der Waals surface area contributed by atoms with E-state index < -0.39 is 0 Å². The summed E-state index contributed by atoms with van der Waals surface area (Å²) < 4.78 is 28.7. The van der Waals surface area contributed by atoms with Gasteiger partial charge in [0.15, 0.2) is 0 Å². The number of rotatable bonds is 4. The van der Waals surface area contributed by atoms with Gasteiger partial charge in [0.05, 0.1) is 25.9 Å². The van der Waals surface area contributed by atoms with Crippen LogP contribution in [0.3, 0.4) is 0 Å². The highest BCUT2D eigenvalue weighted by molar-refractivity contribution is 5.95. The molecular weight excluding hydrogens is 362 g/mol. The van der Waals surface area contributed by atoms with E-state index in [2.05, 4.69) is 0 Å². The van der Waals surface area contributed by atoms with Crippen LogP contribution in [0.15, 0.2) is 34.7 Å². The van der Waals surface area contributed by atoms with E-state index >= 15 is 0 Å². The number of aryl methyl sites for hydroxylation is 2. The Labute approximate surface area is 164 Å². The van der Waals surface area contributed by atoms with Crippen molar-refractivity contribution < 1.29 is 28.2 Å². The van der Waals surface area contributed by atoms with E-state index in [4.69, 9.17) is 23.4 Å². The highest BCUT2D eigenvalue weighted by Gasteiger charge is 2.40. The van der Waals surface area contributed by atoms with Gasteiger partial charge in [-0.25, -0.2) is 0 Å². The van der Waals surface area contributed by atoms with Crippen molar-refractivity contribution in [1.82, 2.24) is 4.90 Å². The molecule has 2 saturated heterocycles. The molecule has 2 aliphatic heterocycles. The fourth-order valence-electron chi connectivity index (χ4n) is 3.69. The molecule has 1 aromatic heterocycles. The summed E-state index contributed by atoms with van der Waals surface area (Å²) in [4.78, 5) is 14.6. The minimum Gasteiger partial charge on any atom is -0.497 e. The lowest BCUT2D eigenvalue weighted by atomic mass is 10.2. The zero-order valence-corrected chi connectivity index (χ0v) is 16.3. The molecule has 0 bridgehead atoms. The van der Waals surface area contributed by atoms with Crippen LogP contribution in [0, 0.1) is 13.8 Å². The molecule has 1 aromatic carbocycles. The average Bonchev–Trinajstić information content (AvgIpc) is 3.20. The van der Waals surface area contributed by atoms with Gasteiger partial charge in [0, 0.05) is 19.2 Å². The van der Waals surface area contributed by atoms with Crippen LogP contribution in [0.25, 0.3) is 0 Å². The van der Waals surface area contributed by atoms with Gasteiger partial charge >= 0.3 is 0 Å². The summed E-state index contributed by atoms with van der Waals surface area (Å²) in [6, 6.07) is 9.24. The fraction of sp³-hybridized carbons (Fsp3) is 0.476. The number of furan rings is 1. The summed E-state index contributed by atoms with van der Waals surface area (Å²) in [5.41, 5.74) is 0.605. The maximum atomic E-state index is 12.8. The largest absolute Gasteiger partial charge is 0.497 e. The van der Waals surface area contributed by atoms with Crippen molar-refractivity contribution in [1.29, 1.82) is 0 Å². The SMILES string of the molecule is COc1cccc(OC2CO[C@H]3CN(C(=O)c4cc(C)oc4C)C[C@@H]3OC2)c1. The van der Waals surface area contributed by atoms with Gasteiger partial charge in [-0.15, -0.1) is 0 Å². The van der Waals surface area contributed by atoms with Crippen LogP contribution >= 0.6 is 0 Å². The molecule has 0 unspecified atom stereocenters. The fourth-order valence-corrected chi connectivity index (χ4v) is 3.69. The number of hydrogen-bond acceptors (Lipinski definition) is 6. The van der Waals surface area contributed by atoms with E-state index in [1.165, 1.54) is 0 Å². The molecule has 3 heterocycles. The maximum Gasteiger partial charge on any atom is 0.257 e. The first-order valence-corrected chi connectivity index (χ1v) is 9.43. The van der Waals surface area contributed by atoms with E-state index in [9.17, 15) is 4.79 Å². The number of carbonyl (C=O) groups is 1. The smallest absolute Gasteiger partial charge is 0.257 e. The van der Waals surface area contributed by atoms with E-state index in [1.54, 1.807) is 18.1 Å². The second-order valence-corrected chi connectivity index (χ2v) is 7.20. The zero-order chi connectivity index (χ0) is 19.7. The molecule has 7 heteroatoms. The molecule has 28 heavy (non-hydrogen) atoms. The number of likely N-dealkylation sites (tertiary alicyclic amines) is 1. The van der Waals surface area contributed by atoms with Crippen molar-refractivity contribution in [2.45, 2.75) is 32.2 Å². The quantitative estimate of drug-likeness (QED) is 0.803. The molecule has 0 radical (unpaired) electrons. The molecule has 150 valence electrons. The first kappa shape index (κ1) is 18.8.